The molecule has 2 unspecified atom stereocenters. The molecule has 0 saturated heterocycles. The van der Waals surface area contributed by atoms with Crippen molar-refractivity contribution in [2.24, 2.45) is 11.8 Å². The number of anilines is 3. The summed E-state index contributed by atoms with van der Waals surface area (Å²) in [5, 5.41) is 5.96. The van der Waals surface area contributed by atoms with Crippen LogP contribution in [0.4, 0.5) is 17.1 Å². The molecule has 2 amide bonds. The summed E-state index contributed by atoms with van der Waals surface area (Å²) in [5.41, 5.74) is 6.00. The van der Waals surface area contributed by atoms with Crippen LogP contribution in [0.25, 0.3) is 0 Å². The van der Waals surface area contributed by atoms with E-state index in [9.17, 15) is 9.59 Å². The molecule has 2 atom stereocenters. The van der Waals surface area contributed by atoms with Crippen molar-refractivity contribution in [1.29, 1.82) is 0 Å². The molecule has 3 rings (SSSR count). The van der Waals surface area contributed by atoms with E-state index in [4.69, 9.17) is 0 Å². The number of amides is 2. The predicted molar refractivity (Wildman–Crippen MR) is 120 cm³/mol. The van der Waals surface area contributed by atoms with Crippen LogP contribution in [0.3, 0.4) is 0 Å². The maximum atomic E-state index is 12.6. The molecule has 1 aliphatic rings. The highest BCUT2D eigenvalue weighted by Gasteiger charge is 2.48. The van der Waals surface area contributed by atoms with E-state index in [-0.39, 0.29) is 23.7 Å². The van der Waals surface area contributed by atoms with Crippen molar-refractivity contribution >= 4 is 28.9 Å². The Balaban J connectivity index is 1.59. The van der Waals surface area contributed by atoms with E-state index in [1.54, 1.807) is 0 Å². The number of nitrogens with one attached hydrogen (secondary N) is 2. The molecule has 1 fully saturated rings. The Morgan fingerprint density at radius 1 is 0.897 bits per heavy atom. The molecule has 1 aliphatic carbocycles. The first kappa shape index (κ1) is 20.9. The van der Waals surface area contributed by atoms with Gasteiger partial charge in [0.1, 0.15) is 0 Å². The Labute approximate surface area is 173 Å². The Bertz CT molecular complexity index is 898. The second-order valence-corrected chi connectivity index (χ2v) is 7.98. The van der Waals surface area contributed by atoms with Crippen LogP contribution in [0, 0.1) is 32.6 Å². The lowest BCUT2D eigenvalue weighted by molar-refractivity contribution is -0.122. The van der Waals surface area contributed by atoms with E-state index in [2.05, 4.69) is 41.5 Å². The number of aryl methyl sites for hydroxylation is 3. The van der Waals surface area contributed by atoms with E-state index in [1.807, 2.05) is 45.0 Å². The summed E-state index contributed by atoms with van der Waals surface area (Å²) in [4.78, 5) is 27.4. The van der Waals surface area contributed by atoms with Crippen molar-refractivity contribution in [3.63, 3.8) is 0 Å². The fourth-order valence-electron chi connectivity index (χ4n) is 3.86. The van der Waals surface area contributed by atoms with Crippen molar-refractivity contribution < 1.29 is 9.59 Å². The third-order valence-electron chi connectivity index (χ3n) is 5.55. The summed E-state index contributed by atoms with van der Waals surface area (Å²) in [6.07, 6.45) is 0.596. The van der Waals surface area contributed by atoms with Crippen LogP contribution >= 0.6 is 0 Å². The Morgan fingerprint density at radius 3 is 2.03 bits per heavy atom. The zero-order chi connectivity index (χ0) is 21.1. The van der Waals surface area contributed by atoms with E-state index in [1.165, 1.54) is 0 Å². The molecular weight excluding hydrogens is 362 g/mol. The van der Waals surface area contributed by atoms with E-state index in [0.717, 1.165) is 46.8 Å². The third-order valence-corrected chi connectivity index (χ3v) is 5.55. The largest absolute Gasteiger partial charge is 0.372 e. The van der Waals surface area contributed by atoms with Crippen molar-refractivity contribution in [3.05, 3.63) is 53.1 Å². The van der Waals surface area contributed by atoms with Gasteiger partial charge in [-0.1, -0.05) is 6.07 Å². The molecule has 0 spiro atoms. The number of hydrogen-bond donors (Lipinski definition) is 2. The molecule has 2 aromatic carbocycles. The smallest absolute Gasteiger partial charge is 0.228 e. The predicted octanol–water partition coefficient (Wildman–Crippen LogP) is 4.67. The van der Waals surface area contributed by atoms with Gasteiger partial charge in [-0.05, 0) is 88.1 Å². The van der Waals surface area contributed by atoms with Crippen LogP contribution in [0.5, 0.6) is 0 Å². The minimum Gasteiger partial charge on any atom is -0.372 e. The van der Waals surface area contributed by atoms with Crippen LogP contribution in [-0.4, -0.2) is 24.9 Å². The molecule has 0 heterocycles. The Hall–Kier alpha value is -2.82. The van der Waals surface area contributed by atoms with Gasteiger partial charge in [-0.2, -0.15) is 0 Å². The summed E-state index contributed by atoms with van der Waals surface area (Å²) in [6, 6.07) is 12.0. The Kier molecular flexibility index (Phi) is 6.26. The lowest BCUT2D eigenvalue weighted by Gasteiger charge is -2.22. The minimum absolute atomic E-state index is 0.0794. The first-order valence-corrected chi connectivity index (χ1v) is 10.4. The molecule has 5 heteroatoms. The molecule has 0 bridgehead atoms. The summed E-state index contributed by atoms with van der Waals surface area (Å²) >= 11 is 0. The van der Waals surface area contributed by atoms with E-state index in [0.29, 0.717) is 6.42 Å². The van der Waals surface area contributed by atoms with Crippen LogP contribution < -0.4 is 15.5 Å². The summed E-state index contributed by atoms with van der Waals surface area (Å²) in [5.74, 6) is -0.679. The molecule has 0 aliphatic heterocycles. The molecular formula is C24H31N3O2. The number of carbonyl (C=O) groups excluding carboxylic acids is 2. The van der Waals surface area contributed by atoms with Gasteiger partial charge in [0, 0.05) is 30.2 Å². The second-order valence-electron chi connectivity index (χ2n) is 7.98. The number of rotatable bonds is 7. The zero-order valence-electron chi connectivity index (χ0n) is 18.0. The van der Waals surface area contributed by atoms with Gasteiger partial charge in [0.05, 0.1) is 11.8 Å². The highest BCUT2D eigenvalue weighted by molar-refractivity contribution is 6.03. The van der Waals surface area contributed by atoms with Gasteiger partial charge < -0.3 is 15.5 Å². The summed E-state index contributed by atoms with van der Waals surface area (Å²) in [6.45, 7) is 12.2. The van der Waals surface area contributed by atoms with Crippen molar-refractivity contribution in [3.8, 4) is 0 Å². The summed E-state index contributed by atoms with van der Waals surface area (Å²) in [7, 11) is 0. The van der Waals surface area contributed by atoms with Gasteiger partial charge in [0.2, 0.25) is 11.8 Å². The topological polar surface area (TPSA) is 61.4 Å². The van der Waals surface area contributed by atoms with Crippen LogP contribution in [0.1, 0.15) is 37.0 Å². The van der Waals surface area contributed by atoms with Crippen LogP contribution in [-0.2, 0) is 9.59 Å². The first-order valence-electron chi connectivity index (χ1n) is 10.4. The highest BCUT2D eigenvalue weighted by atomic mass is 16.2. The lowest BCUT2D eigenvalue weighted by atomic mass is 10.1. The highest BCUT2D eigenvalue weighted by Crippen LogP contribution is 2.40. The van der Waals surface area contributed by atoms with Crippen LogP contribution in [0.15, 0.2) is 36.4 Å². The number of benzene rings is 2. The fourth-order valence-corrected chi connectivity index (χ4v) is 3.86. The van der Waals surface area contributed by atoms with Gasteiger partial charge in [-0.25, -0.2) is 0 Å². The molecule has 5 nitrogen and oxygen atoms in total. The number of nitrogens with zero attached hydrogens (tertiary/aromatic N) is 1. The molecule has 2 aromatic rings. The molecule has 2 N–H and O–H groups in total. The van der Waals surface area contributed by atoms with Crippen molar-refractivity contribution in [1.82, 2.24) is 0 Å². The van der Waals surface area contributed by atoms with Crippen molar-refractivity contribution in [2.45, 2.75) is 41.0 Å². The lowest BCUT2D eigenvalue weighted by Crippen LogP contribution is -2.22. The average molecular weight is 394 g/mol. The van der Waals surface area contributed by atoms with E-state index >= 15 is 0 Å². The van der Waals surface area contributed by atoms with Gasteiger partial charge in [0.25, 0.3) is 0 Å². The van der Waals surface area contributed by atoms with Crippen LogP contribution in [0.2, 0.25) is 0 Å². The van der Waals surface area contributed by atoms with Gasteiger partial charge in [0.15, 0.2) is 0 Å². The molecule has 0 radical (unpaired) electrons. The normalized spacial score (nSPS) is 17.6. The standard InChI is InChI=1S/C24H31N3O2/c1-6-27(7-2)19-8-9-22(17(5)13-19)26-24(29)21-14-20(21)23(28)25-18-11-15(3)10-16(4)12-18/h8-13,20-21H,6-7,14H2,1-5H3,(H,25,28)(H,26,29). The third kappa shape index (κ3) is 4.97. The molecule has 0 aromatic heterocycles. The van der Waals surface area contributed by atoms with E-state index < -0.39 is 0 Å². The fraction of sp³-hybridized carbons (Fsp3) is 0.417. The monoisotopic (exact) mass is 393 g/mol. The van der Waals surface area contributed by atoms with Gasteiger partial charge >= 0.3 is 0 Å². The Morgan fingerprint density at radius 2 is 1.48 bits per heavy atom. The van der Waals surface area contributed by atoms with Gasteiger partial charge in [-0.15, -0.1) is 0 Å². The SMILES string of the molecule is CCN(CC)c1ccc(NC(=O)C2CC2C(=O)Nc2cc(C)cc(C)c2)c(C)c1. The molecule has 154 valence electrons. The second kappa shape index (κ2) is 8.68. The average Bonchev–Trinajstić information content (AvgIpc) is 3.45. The number of carbonyl (C=O) groups is 2. The van der Waals surface area contributed by atoms with Gasteiger partial charge in [-0.3, -0.25) is 9.59 Å². The van der Waals surface area contributed by atoms with Crippen molar-refractivity contribution in [2.75, 3.05) is 28.6 Å². The molecule has 29 heavy (non-hydrogen) atoms. The maximum Gasteiger partial charge on any atom is 0.228 e. The summed E-state index contributed by atoms with van der Waals surface area (Å²) < 4.78 is 0. The zero-order valence-corrected chi connectivity index (χ0v) is 18.0. The number of hydrogen-bond acceptors (Lipinski definition) is 3. The maximum absolute atomic E-state index is 12.6. The minimum atomic E-state index is -0.261. The quantitative estimate of drug-likeness (QED) is 0.718. The first-order chi connectivity index (χ1) is 13.8. The molecule has 1 saturated carbocycles.